The molecule has 61 heavy (non-hydrogen) atoms. The molecule has 0 saturated heterocycles. The van der Waals surface area contributed by atoms with E-state index in [1.165, 1.54) is 161 Å². The maximum absolute atomic E-state index is 12.8. The first-order valence-corrected chi connectivity index (χ1v) is 26.5. The lowest BCUT2D eigenvalue weighted by Crippen LogP contribution is -2.30. The zero-order valence-electron chi connectivity index (χ0n) is 40.7. The minimum atomic E-state index is -0.774. The highest BCUT2D eigenvalue weighted by Gasteiger charge is 2.19. The van der Waals surface area contributed by atoms with Crippen LogP contribution in [0, 0.1) is 0 Å². The van der Waals surface area contributed by atoms with Crippen molar-refractivity contribution in [3.05, 3.63) is 36.5 Å². The molecule has 0 aromatic heterocycles. The standard InChI is InChI=1S/C55H100O6/c1-4-7-10-13-16-19-22-24-26-27-28-29-31-33-36-39-42-45-48-54(57)60-51-52(50-59-53(56)47-44-41-38-35-32-21-18-15-12-9-6-3)61-55(58)49-46-43-40-37-34-30-25-23-20-17-14-11-8-5-2/h22,24,26-29,52H,4-21,23,25,30-51H2,1-3H3/b24-22-,27-26-,29-28-. The molecule has 1 unspecified atom stereocenters. The fourth-order valence-corrected chi connectivity index (χ4v) is 7.68. The first kappa shape index (κ1) is 58.6. The van der Waals surface area contributed by atoms with Gasteiger partial charge in [0.2, 0.25) is 0 Å². The fourth-order valence-electron chi connectivity index (χ4n) is 7.68. The van der Waals surface area contributed by atoms with Gasteiger partial charge in [0.25, 0.3) is 0 Å². The van der Waals surface area contributed by atoms with Crippen LogP contribution >= 0.6 is 0 Å². The molecule has 356 valence electrons. The summed E-state index contributed by atoms with van der Waals surface area (Å²) >= 11 is 0. The summed E-state index contributed by atoms with van der Waals surface area (Å²) in [4.78, 5) is 37.9. The second-order valence-electron chi connectivity index (χ2n) is 17.9. The second kappa shape index (κ2) is 50.3. The summed E-state index contributed by atoms with van der Waals surface area (Å²) in [6.45, 7) is 6.62. The molecule has 0 N–H and O–H groups in total. The van der Waals surface area contributed by atoms with E-state index in [0.717, 1.165) is 77.0 Å². The fraction of sp³-hybridized carbons (Fsp3) is 0.836. The van der Waals surface area contributed by atoms with Crippen molar-refractivity contribution in [2.45, 2.75) is 284 Å². The Bertz CT molecular complexity index is 1030. The molecule has 0 heterocycles. The van der Waals surface area contributed by atoms with Gasteiger partial charge in [-0.05, 0) is 44.9 Å². The molecule has 1 atom stereocenters. The molecule has 0 rings (SSSR count). The van der Waals surface area contributed by atoms with Crippen molar-refractivity contribution in [3.63, 3.8) is 0 Å². The molecule has 0 fully saturated rings. The highest BCUT2D eigenvalue weighted by atomic mass is 16.6. The number of rotatable bonds is 48. The molecule has 0 aliphatic carbocycles. The smallest absolute Gasteiger partial charge is 0.306 e. The van der Waals surface area contributed by atoms with E-state index < -0.39 is 6.10 Å². The summed E-state index contributed by atoms with van der Waals surface area (Å²) < 4.78 is 16.8. The Balaban J connectivity index is 4.36. The molecule has 0 aliphatic rings. The van der Waals surface area contributed by atoms with E-state index in [2.05, 4.69) is 57.2 Å². The summed E-state index contributed by atoms with van der Waals surface area (Å²) in [5.74, 6) is -0.883. The minimum Gasteiger partial charge on any atom is -0.462 e. The summed E-state index contributed by atoms with van der Waals surface area (Å²) in [5.41, 5.74) is 0. The van der Waals surface area contributed by atoms with E-state index in [4.69, 9.17) is 14.2 Å². The third kappa shape index (κ3) is 48.5. The van der Waals surface area contributed by atoms with Crippen LogP contribution in [-0.4, -0.2) is 37.2 Å². The third-order valence-electron chi connectivity index (χ3n) is 11.7. The van der Waals surface area contributed by atoms with Crippen molar-refractivity contribution >= 4 is 17.9 Å². The number of allylic oxidation sites excluding steroid dienone is 6. The number of esters is 3. The van der Waals surface area contributed by atoms with E-state index >= 15 is 0 Å². The van der Waals surface area contributed by atoms with Crippen LogP contribution in [0.15, 0.2) is 36.5 Å². The largest absolute Gasteiger partial charge is 0.462 e. The predicted octanol–water partition coefficient (Wildman–Crippen LogP) is 17.3. The van der Waals surface area contributed by atoms with Gasteiger partial charge in [0.1, 0.15) is 13.2 Å². The topological polar surface area (TPSA) is 78.9 Å². The normalized spacial score (nSPS) is 12.2. The summed E-state index contributed by atoms with van der Waals surface area (Å²) in [7, 11) is 0. The SMILES string of the molecule is CCCCCCC\C=C/C=C\C=C/CCCCCCCC(=O)OCC(COC(=O)CCCCCCCCCCCCC)OC(=O)CCCCCCCCCCCCCCCC. The van der Waals surface area contributed by atoms with Crippen LogP contribution < -0.4 is 0 Å². The van der Waals surface area contributed by atoms with Gasteiger partial charge in [0.15, 0.2) is 6.10 Å². The molecule has 0 bridgehead atoms. The summed E-state index contributed by atoms with van der Waals surface area (Å²) in [5, 5.41) is 0. The quantitative estimate of drug-likeness (QED) is 0.0262. The lowest BCUT2D eigenvalue weighted by molar-refractivity contribution is -0.167. The molecule has 0 amide bonds. The van der Waals surface area contributed by atoms with Crippen molar-refractivity contribution in [1.29, 1.82) is 0 Å². The molecular formula is C55H100O6. The molecule has 0 aromatic rings. The number of unbranched alkanes of at least 4 members (excludes halogenated alkanes) is 33. The van der Waals surface area contributed by atoms with Gasteiger partial charge in [-0.25, -0.2) is 0 Å². The Morgan fingerprint density at radius 1 is 0.328 bits per heavy atom. The molecule has 0 aromatic carbocycles. The monoisotopic (exact) mass is 857 g/mol. The summed E-state index contributed by atoms with van der Waals surface area (Å²) in [6.07, 6.45) is 58.4. The van der Waals surface area contributed by atoms with Crippen molar-refractivity contribution in [2.75, 3.05) is 13.2 Å². The van der Waals surface area contributed by atoms with E-state index in [-0.39, 0.29) is 31.1 Å². The van der Waals surface area contributed by atoms with Gasteiger partial charge >= 0.3 is 17.9 Å². The molecule has 0 radical (unpaired) electrons. The van der Waals surface area contributed by atoms with Gasteiger partial charge in [0, 0.05) is 19.3 Å². The van der Waals surface area contributed by atoms with Crippen molar-refractivity contribution in [3.8, 4) is 0 Å². The van der Waals surface area contributed by atoms with Crippen LogP contribution in [-0.2, 0) is 28.6 Å². The van der Waals surface area contributed by atoms with Crippen LogP contribution in [0.5, 0.6) is 0 Å². The van der Waals surface area contributed by atoms with Crippen LogP contribution in [0.1, 0.15) is 278 Å². The predicted molar refractivity (Wildman–Crippen MR) is 261 cm³/mol. The number of hydrogen-bond acceptors (Lipinski definition) is 6. The maximum Gasteiger partial charge on any atom is 0.306 e. The summed E-state index contributed by atoms with van der Waals surface area (Å²) in [6, 6.07) is 0. The van der Waals surface area contributed by atoms with Gasteiger partial charge in [-0.15, -0.1) is 0 Å². The zero-order valence-corrected chi connectivity index (χ0v) is 40.7. The first-order valence-electron chi connectivity index (χ1n) is 26.5. The maximum atomic E-state index is 12.8. The van der Waals surface area contributed by atoms with Crippen molar-refractivity contribution in [1.82, 2.24) is 0 Å². The minimum absolute atomic E-state index is 0.0746. The number of hydrogen-bond donors (Lipinski definition) is 0. The second-order valence-corrected chi connectivity index (χ2v) is 17.9. The van der Waals surface area contributed by atoms with Crippen LogP contribution in [0.3, 0.4) is 0 Å². The highest BCUT2D eigenvalue weighted by Crippen LogP contribution is 2.16. The van der Waals surface area contributed by atoms with E-state index in [9.17, 15) is 14.4 Å². The van der Waals surface area contributed by atoms with E-state index in [1.54, 1.807) is 0 Å². The van der Waals surface area contributed by atoms with Gasteiger partial charge in [-0.2, -0.15) is 0 Å². The zero-order chi connectivity index (χ0) is 44.4. The van der Waals surface area contributed by atoms with E-state index in [1.807, 2.05) is 0 Å². The molecule has 0 aliphatic heterocycles. The van der Waals surface area contributed by atoms with Gasteiger partial charge in [-0.1, -0.05) is 250 Å². The molecule has 6 heteroatoms. The van der Waals surface area contributed by atoms with Gasteiger partial charge in [-0.3, -0.25) is 14.4 Å². The lowest BCUT2D eigenvalue weighted by atomic mass is 10.0. The Morgan fingerprint density at radius 2 is 0.590 bits per heavy atom. The van der Waals surface area contributed by atoms with E-state index in [0.29, 0.717) is 19.3 Å². The molecular weight excluding hydrogens is 757 g/mol. The third-order valence-corrected chi connectivity index (χ3v) is 11.7. The van der Waals surface area contributed by atoms with Gasteiger partial charge in [0.05, 0.1) is 0 Å². The first-order chi connectivity index (χ1) is 30.0. The highest BCUT2D eigenvalue weighted by molar-refractivity contribution is 5.71. The Morgan fingerprint density at radius 3 is 0.902 bits per heavy atom. The van der Waals surface area contributed by atoms with Crippen molar-refractivity contribution in [2.24, 2.45) is 0 Å². The Hall–Kier alpha value is -2.37. The van der Waals surface area contributed by atoms with Gasteiger partial charge < -0.3 is 14.2 Å². The number of ether oxygens (including phenoxy) is 3. The Kier molecular flexibility index (Phi) is 48.3. The molecule has 6 nitrogen and oxygen atoms in total. The van der Waals surface area contributed by atoms with Crippen LogP contribution in [0.25, 0.3) is 0 Å². The molecule has 0 saturated carbocycles. The average Bonchev–Trinajstić information content (AvgIpc) is 3.26. The van der Waals surface area contributed by atoms with Crippen LogP contribution in [0.4, 0.5) is 0 Å². The number of carbonyl (C=O) groups is 3. The van der Waals surface area contributed by atoms with Crippen molar-refractivity contribution < 1.29 is 28.6 Å². The van der Waals surface area contributed by atoms with Crippen LogP contribution in [0.2, 0.25) is 0 Å². The average molecular weight is 857 g/mol. The number of carbonyl (C=O) groups excluding carboxylic acids is 3. The Labute approximate surface area is 378 Å². The molecule has 0 spiro atoms. The lowest BCUT2D eigenvalue weighted by Gasteiger charge is -2.18.